The van der Waals surface area contributed by atoms with Crippen LogP contribution >= 0.6 is 0 Å². The lowest BCUT2D eigenvalue weighted by Gasteiger charge is -2.36. The van der Waals surface area contributed by atoms with E-state index in [0.29, 0.717) is 23.3 Å². The van der Waals surface area contributed by atoms with Gasteiger partial charge in [0.05, 0.1) is 0 Å². The minimum Gasteiger partial charge on any atom is -0.353 e. The SMILES string of the molecule is CC1CCN(C(=O)c2cnc(-c3ccc(F)cc3)nc2N2CCCC[C@@H]2C)CC1. The normalized spacial score (nSPS) is 20.7. The highest BCUT2D eigenvalue weighted by Gasteiger charge is 2.29. The van der Waals surface area contributed by atoms with E-state index in [4.69, 9.17) is 4.98 Å². The van der Waals surface area contributed by atoms with Gasteiger partial charge in [0, 0.05) is 37.4 Å². The number of carbonyl (C=O) groups excluding carboxylic acids is 1. The van der Waals surface area contributed by atoms with Gasteiger partial charge in [0.15, 0.2) is 5.82 Å². The van der Waals surface area contributed by atoms with Crippen LogP contribution in [0, 0.1) is 11.7 Å². The van der Waals surface area contributed by atoms with Gasteiger partial charge >= 0.3 is 0 Å². The molecule has 1 aromatic carbocycles. The summed E-state index contributed by atoms with van der Waals surface area (Å²) in [5.74, 6) is 1.65. The second-order valence-electron chi connectivity index (χ2n) is 8.45. The van der Waals surface area contributed by atoms with Gasteiger partial charge in [0.25, 0.3) is 5.91 Å². The Morgan fingerprint density at radius 1 is 1.03 bits per heavy atom. The number of amides is 1. The van der Waals surface area contributed by atoms with E-state index in [1.807, 2.05) is 4.90 Å². The molecular formula is C23H29FN4O. The van der Waals surface area contributed by atoms with Crippen LogP contribution in [0.2, 0.25) is 0 Å². The fourth-order valence-corrected chi connectivity index (χ4v) is 4.28. The molecule has 0 spiro atoms. The van der Waals surface area contributed by atoms with Gasteiger partial charge in [0.1, 0.15) is 17.2 Å². The van der Waals surface area contributed by atoms with Crippen molar-refractivity contribution in [3.63, 3.8) is 0 Å². The maximum atomic E-state index is 13.3. The van der Waals surface area contributed by atoms with E-state index in [-0.39, 0.29) is 11.7 Å². The zero-order chi connectivity index (χ0) is 20.4. The van der Waals surface area contributed by atoms with Crippen LogP contribution in [0.5, 0.6) is 0 Å². The molecule has 2 aliphatic heterocycles. The minimum atomic E-state index is -0.287. The van der Waals surface area contributed by atoms with Crippen LogP contribution in [0.3, 0.4) is 0 Å². The van der Waals surface area contributed by atoms with Gasteiger partial charge in [-0.05, 0) is 69.2 Å². The molecular weight excluding hydrogens is 367 g/mol. The number of likely N-dealkylation sites (tertiary alicyclic amines) is 1. The van der Waals surface area contributed by atoms with Gasteiger partial charge in [-0.25, -0.2) is 14.4 Å². The molecule has 4 rings (SSSR count). The summed E-state index contributed by atoms with van der Waals surface area (Å²) in [5, 5.41) is 0. The molecule has 6 heteroatoms. The fourth-order valence-electron chi connectivity index (χ4n) is 4.28. The Balaban J connectivity index is 1.71. The van der Waals surface area contributed by atoms with Crippen LogP contribution < -0.4 is 4.90 Å². The molecule has 2 aliphatic rings. The molecule has 0 saturated carbocycles. The number of aromatic nitrogens is 2. The molecule has 5 nitrogen and oxygen atoms in total. The van der Waals surface area contributed by atoms with Crippen molar-refractivity contribution >= 4 is 11.7 Å². The number of carbonyl (C=O) groups is 1. The van der Waals surface area contributed by atoms with Gasteiger partial charge in [-0.3, -0.25) is 4.79 Å². The van der Waals surface area contributed by atoms with Gasteiger partial charge < -0.3 is 9.80 Å². The average molecular weight is 397 g/mol. The molecule has 1 atom stereocenters. The van der Waals surface area contributed by atoms with Crippen LogP contribution in [0.15, 0.2) is 30.5 Å². The molecule has 29 heavy (non-hydrogen) atoms. The molecule has 1 amide bonds. The van der Waals surface area contributed by atoms with Crippen molar-refractivity contribution in [2.24, 2.45) is 5.92 Å². The smallest absolute Gasteiger partial charge is 0.259 e. The van der Waals surface area contributed by atoms with E-state index < -0.39 is 0 Å². The number of anilines is 1. The van der Waals surface area contributed by atoms with Crippen LogP contribution in [-0.4, -0.2) is 46.5 Å². The van der Waals surface area contributed by atoms with Crippen LogP contribution in [0.1, 0.15) is 56.3 Å². The Bertz CT molecular complexity index is 862. The van der Waals surface area contributed by atoms with E-state index in [1.165, 1.54) is 18.6 Å². The molecule has 2 aromatic rings. The highest BCUT2D eigenvalue weighted by Crippen LogP contribution is 2.30. The summed E-state index contributed by atoms with van der Waals surface area (Å²) in [6.07, 6.45) is 7.12. The number of halogens is 1. The van der Waals surface area contributed by atoms with Crippen LogP contribution in [0.4, 0.5) is 10.2 Å². The molecule has 0 radical (unpaired) electrons. The van der Waals surface area contributed by atoms with E-state index in [2.05, 4.69) is 23.7 Å². The topological polar surface area (TPSA) is 49.3 Å². The van der Waals surface area contributed by atoms with Crippen LogP contribution in [0.25, 0.3) is 11.4 Å². The zero-order valence-corrected chi connectivity index (χ0v) is 17.3. The van der Waals surface area contributed by atoms with E-state index in [9.17, 15) is 9.18 Å². The summed E-state index contributed by atoms with van der Waals surface area (Å²) >= 11 is 0. The number of rotatable bonds is 3. The molecule has 0 bridgehead atoms. The first kappa shape index (κ1) is 19.8. The van der Waals surface area contributed by atoms with Crippen molar-refractivity contribution in [1.82, 2.24) is 14.9 Å². The molecule has 2 saturated heterocycles. The molecule has 3 heterocycles. The standard InChI is InChI=1S/C23H29FN4O/c1-16-10-13-27(14-11-16)23(29)20-15-25-21(18-6-8-19(24)9-7-18)26-22(20)28-12-4-3-5-17(28)2/h6-9,15-17H,3-5,10-14H2,1-2H3/t17-/m0/s1. The first-order valence-electron chi connectivity index (χ1n) is 10.7. The highest BCUT2D eigenvalue weighted by molar-refractivity contribution is 5.99. The summed E-state index contributed by atoms with van der Waals surface area (Å²) in [5.41, 5.74) is 1.34. The number of hydrogen-bond acceptors (Lipinski definition) is 4. The Morgan fingerprint density at radius 2 is 1.76 bits per heavy atom. The van der Waals surface area contributed by atoms with Crippen molar-refractivity contribution in [3.05, 3.63) is 41.8 Å². The second kappa shape index (κ2) is 8.47. The third-order valence-electron chi connectivity index (χ3n) is 6.25. The largest absolute Gasteiger partial charge is 0.353 e. The quantitative estimate of drug-likeness (QED) is 0.765. The Kier molecular flexibility index (Phi) is 5.79. The number of piperidine rings is 2. The molecule has 1 aromatic heterocycles. The van der Waals surface area contributed by atoms with E-state index in [1.54, 1.807) is 18.3 Å². The third kappa shape index (κ3) is 4.26. The molecule has 154 valence electrons. The maximum Gasteiger partial charge on any atom is 0.259 e. The molecule has 0 unspecified atom stereocenters. The van der Waals surface area contributed by atoms with Crippen molar-refractivity contribution < 1.29 is 9.18 Å². The molecule has 2 fully saturated rings. The third-order valence-corrected chi connectivity index (χ3v) is 6.25. The summed E-state index contributed by atoms with van der Waals surface area (Å²) in [6, 6.07) is 6.52. The lowest BCUT2D eigenvalue weighted by molar-refractivity contribution is 0.0697. The lowest BCUT2D eigenvalue weighted by atomic mass is 9.98. The second-order valence-corrected chi connectivity index (χ2v) is 8.45. The van der Waals surface area contributed by atoms with Gasteiger partial charge in [-0.1, -0.05) is 6.92 Å². The van der Waals surface area contributed by atoms with Gasteiger partial charge in [-0.15, -0.1) is 0 Å². The Labute approximate surface area is 172 Å². The Hall–Kier alpha value is -2.50. The average Bonchev–Trinajstić information content (AvgIpc) is 2.74. The molecule has 0 aliphatic carbocycles. The van der Waals surface area contributed by atoms with Gasteiger partial charge in [0.2, 0.25) is 0 Å². The summed E-state index contributed by atoms with van der Waals surface area (Å²) in [7, 11) is 0. The van der Waals surface area contributed by atoms with Crippen molar-refractivity contribution in [1.29, 1.82) is 0 Å². The maximum absolute atomic E-state index is 13.3. The number of benzene rings is 1. The summed E-state index contributed by atoms with van der Waals surface area (Å²) in [6.45, 7) is 6.89. The minimum absolute atomic E-state index is 0.0235. The zero-order valence-electron chi connectivity index (χ0n) is 17.3. The predicted molar refractivity (Wildman–Crippen MR) is 112 cm³/mol. The fraction of sp³-hybridized carbons (Fsp3) is 0.522. The van der Waals surface area contributed by atoms with E-state index >= 15 is 0 Å². The van der Waals surface area contributed by atoms with E-state index in [0.717, 1.165) is 56.7 Å². The van der Waals surface area contributed by atoms with Crippen LogP contribution in [-0.2, 0) is 0 Å². The summed E-state index contributed by atoms with van der Waals surface area (Å²) < 4.78 is 13.3. The molecule has 0 N–H and O–H groups in total. The van der Waals surface area contributed by atoms with Crippen molar-refractivity contribution in [2.75, 3.05) is 24.5 Å². The first-order chi connectivity index (χ1) is 14.0. The predicted octanol–water partition coefficient (Wildman–Crippen LogP) is 4.53. The first-order valence-corrected chi connectivity index (χ1v) is 10.7. The Morgan fingerprint density at radius 3 is 2.45 bits per heavy atom. The van der Waals surface area contributed by atoms with Crippen molar-refractivity contribution in [2.45, 2.75) is 52.0 Å². The summed E-state index contributed by atoms with van der Waals surface area (Å²) in [4.78, 5) is 26.8. The number of hydrogen-bond donors (Lipinski definition) is 0. The number of nitrogens with zero attached hydrogens (tertiary/aromatic N) is 4. The highest BCUT2D eigenvalue weighted by atomic mass is 19.1. The lowest BCUT2D eigenvalue weighted by Crippen LogP contribution is -2.42. The van der Waals surface area contributed by atoms with Crippen molar-refractivity contribution in [3.8, 4) is 11.4 Å². The monoisotopic (exact) mass is 396 g/mol. The van der Waals surface area contributed by atoms with Gasteiger partial charge in [-0.2, -0.15) is 0 Å².